The van der Waals surface area contributed by atoms with Crippen molar-refractivity contribution in [3.8, 4) is 0 Å². The van der Waals surface area contributed by atoms with Crippen molar-refractivity contribution in [2.75, 3.05) is 13.1 Å². The van der Waals surface area contributed by atoms with E-state index in [-0.39, 0.29) is 5.91 Å². The van der Waals surface area contributed by atoms with Crippen LogP contribution in [-0.2, 0) is 4.79 Å². The maximum absolute atomic E-state index is 11.6. The summed E-state index contributed by atoms with van der Waals surface area (Å²) >= 11 is 0. The van der Waals surface area contributed by atoms with Crippen LogP contribution in [0, 0.1) is 5.92 Å². The fourth-order valence-electron chi connectivity index (χ4n) is 1.28. The van der Waals surface area contributed by atoms with Crippen LogP contribution in [0.2, 0.25) is 0 Å². The molecule has 1 aliphatic carbocycles. The van der Waals surface area contributed by atoms with Gasteiger partial charge in [-0.3, -0.25) is 4.79 Å². The van der Waals surface area contributed by atoms with Crippen molar-refractivity contribution in [2.45, 2.75) is 19.8 Å². The Labute approximate surface area is 85.1 Å². The van der Waals surface area contributed by atoms with Crippen LogP contribution in [0.15, 0.2) is 23.8 Å². The Kier molecular flexibility index (Phi) is 4.40. The molecule has 0 unspecified atom stereocenters. The van der Waals surface area contributed by atoms with Crippen molar-refractivity contribution in [2.24, 2.45) is 11.7 Å². The number of hydrogen-bond donors (Lipinski definition) is 2. The zero-order valence-electron chi connectivity index (χ0n) is 8.62. The van der Waals surface area contributed by atoms with Gasteiger partial charge in [-0.15, -0.1) is 0 Å². The van der Waals surface area contributed by atoms with Gasteiger partial charge in [-0.05, 0) is 25.7 Å². The van der Waals surface area contributed by atoms with Gasteiger partial charge in [0.05, 0.1) is 0 Å². The van der Waals surface area contributed by atoms with Gasteiger partial charge in [-0.25, -0.2) is 0 Å². The third-order valence-electron chi connectivity index (χ3n) is 2.18. The molecule has 1 saturated carbocycles. The first-order valence-electron chi connectivity index (χ1n) is 5.10. The molecule has 78 valence electrons. The summed E-state index contributed by atoms with van der Waals surface area (Å²) in [4.78, 5) is 11.6. The largest absolute Gasteiger partial charge is 0.351 e. The van der Waals surface area contributed by atoms with Crippen molar-refractivity contribution in [3.63, 3.8) is 0 Å². The molecule has 0 aromatic heterocycles. The first-order valence-corrected chi connectivity index (χ1v) is 5.10. The van der Waals surface area contributed by atoms with Crippen LogP contribution in [0.25, 0.3) is 0 Å². The molecular weight excluding hydrogens is 176 g/mol. The number of allylic oxidation sites excluding steroid dienone is 3. The fourth-order valence-corrected chi connectivity index (χ4v) is 1.28. The van der Waals surface area contributed by atoms with Gasteiger partial charge in [0, 0.05) is 18.7 Å². The monoisotopic (exact) mass is 194 g/mol. The fraction of sp³-hybridized carbons (Fsp3) is 0.545. The smallest absolute Gasteiger partial charge is 0.247 e. The summed E-state index contributed by atoms with van der Waals surface area (Å²) in [6.07, 6.45) is 8.02. The number of rotatable bonds is 5. The second-order valence-electron chi connectivity index (χ2n) is 3.47. The molecule has 14 heavy (non-hydrogen) atoms. The molecule has 0 aromatic carbocycles. The molecule has 0 heterocycles. The summed E-state index contributed by atoms with van der Waals surface area (Å²) in [5.41, 5.74) is 6.22. The summed E-state index contributed by atoms with van der Waals surface area (Å²) in [7, 11) is 0. The van der Waals surface area contributed by atoms with Crippen LogP contribution in [0.3, 0.4) is 0 Å². The highest BCUT2D eigenvalue weighted by Gasteiger charge is 2.29. The van der Waals surface area contributed by atoms with E-state index in [9.17, 15) is 4.79 Å². The average molecular weight is 194 g/mol. The number of nitrogens with one attached hydrogen (secondary N) is 1. The molecule has 0 atom stereocenters. The number of carbonyl (C=O) groups excluding carboxylic acids is 1. The molecule has 0 aromatic rings. The number of carbonyl (C=O) groups is 1. The summed E-state index contributed by atoms with van der Waals surface area (Å²) < 4.78 is 0. The Bertz CT molecular complexity index is 252. The first kappa shape index (κ1) is 11.0. The molecule has 0 spiro atoms. The van der Waals surface area contributed by atoms with Crippen molar-refractivity contribution in [1.82, 2.24) is 5.32 Å². The van der Waals surface area contributed by atoms with E-state index in [4.69, 9.17) is 5.73 Å². The van der Waals surface area contributed by atoms with Gasteiger partial charge in [0.15, 0.2) is 0 Å². The lowest BCUT2D eigenvalue weighted by molar-refractivity contribution is -0.117. The zero-order valence-corrected chi connectivity index (χ0v) is 8.62. The maximum Gasteiger partial charge on any atom is 0.247 e. The van der Waals surface area contributed by atoms with Gasteiger partial charge in [-0.2, -0.15) is 0 Å². The Morgan fingerprint density at radius 1 is 1.57 bits per heavy atom. The lowest BCUT2D eigenvalue weighted by Crippen LogP contribution is -2.30. The summed E-state index contributed by atoms with van der Waals surface area (Å²) in [6.45, 7) is 2.99. The van der Waals surface area contributed by atoms with Crippen molar-refractivity contribution in [3.05, 3.63) is 23.8 Å². The molecule has 1 amide bonds. The average Bonchev–Trinajstić information content (AvgIpc) is 2.99. The molecule has 1 fully saturated rings. The van der Waals surface area contributed by atoms with E-state index in [2.05, 4.69) is 5.32 Å². The van der Waals surface area contributed by atoms with Crippen LogP contribution in [0.4, 0.5) is 0 Å². The normalized spacial score (nSPS) is 17.4. The van der Waals surface area contributed by atoms with E-state index in [1.54, 1.807) is 0 Å². The summed E-state index contributed by atoms with van der Waals surface area (Å²) in [6, 6.07) is 0. The predicted molar refractivity (Wildman–Crippen MR) is 57.7 cm³/mol. The Morgan fingerprint density at radius 3 is 2.79 bits per heavy atom. The van der Waals surface area contributed by atoms with Gasteiger partial charge >= 0.3 is 0 Å². The predicted octanol–water partition coefficient (Wildman–Crippen LogP) is 0.974. The third-order valence-corrected chi connectivity index (χ3v) is 2.18. The number of hydrogen-bond acceptors (Lipinski definition) is 2. The van der Waals surface area contributed by atoms with Crippen molar-refractivity contribution < 1.29 is 4.79 Å². The van der Waals surface area contributed by atoms with E-state index in [0.29, 0.717) is 19.0 Å². The van der Waals surface area contributed by atoms with E-state index in [1.807, 2.05) is 25.2 Å². The second-order valence-corrected chi connectivity index (χ2v) is 3.47. The Balaban J connectivity index is 2.53. The maximum atomic E-state index is 11.6. The molecule has 3 N–H and O–H groups in total. The van der Waals surface area contributed by atoms with Gasteiger partial charge in [0.2, 0.25) is 5.91 Å². The molecule has 0 aliphatic heterocycles. The van der Waals surface area contributed by atoms with Gasteiger partial charge in [0.25, 0.3) is 0 Å². The molecule has 0 bridgehead atoms. The highest BCUT2D eigenvalue weighted by atomic mass is 16.1. The third kappa shape index (κ3) is 3.34. The van der Waals surface area contributed by atoms with Gasteiger partial charge < -0.3 is 11.1 Å². The van der Waals surface area contributed by atoms with E-state index >= 15 is 0 Å². The van der Waals surface area contributed by atoms with Crippen molar-refractivity contribution in [1.29, 1.82) is 0 Å². The SMILES string of the molecule is C/C=C\C=C(\C(=O)NCCN)C1CC1. The molecular formula is C11H18N2O. The molecule has 1 rings (SSSR count). The molecule has 1 aliphatic rings. The highest BCUT2D eigenvalue weighted by molar-refractivity contribution is 5.94. The summed E-state index contributed by atoms with van der Waals surface area (Å²) in [5, 5.41) is 2.80. The number of amides is 1. The molecule has 3 nitrogen and oxygen atoms in total. The van der Waals surface area contributed by atoms with Crippen LogP contribution in [-0.4, -0.2) is 19.0 Å². The Morgan fingerprint density at radius 2 is 2.29 bits per heavy atom. The van der Waals surface area contributed by atoms with E-state index < -0.39 is 0 Å². The van der Waals surface area contributed by atoms with Crippen molar-refractivity contribution >= 4 is 5.91 Å². The highest BCUT2D eigenvalue weighted by Crippen LogP contribution is 2.36. The standard InChI is InChI=1S/C11H18N2O/c1-2-3-4-10(9-5-6-9)11(14)13-8-7-12/h2-4,9H,5-8,12H2,1H3,(H,13,14)/b3-2-,10-4+. The van der Waals surface area contributed by atoms with E-state index in [1.165, 1.54) is 0 Å². The van der Waals surface area contributed by atoms with Crippen LogP contribution >= 0.6 is 0 Å². The topological polar surface area (TPSA) is 55.1 Å². The first-order chi connectivity index (χ1) is 6.79. The zero-order chi connectivity index (χ0) is 10.4. The lowest BCUT2D eigenvalue weighted by atomic mass is 10.1. The minimum atomic E-state index is 0.0380. The lowest BCUT2D eigenvalue weighted by Gasteiger charge is -2.05. The van der Waals surface area contributed by atoms with Crippen LogP contribution in [0.5, 0.6) is 0 Å². The quantitative estimate of drug-likeness (QED) is 0.506. The second kappa shape index (κ2) is 5.60. The summed E-state index contributed by atoms with van der Waals surface area (Å²) in [5.74, 6) is 0.514. The minimum Gasteiger partial charge on any atom is -0.351 e. The molecule has 0 saturated heterocycles. The van der Waals surface area contributed by atoms with Gasteiger partial charge in [-0.1, -0.05) is 18.2 Å². The van der Waals surface area contributed by atoms with Gasteiger partial charge in [0.1, 0.15) is 0 Å². The van der Waals surface area contributed by atoms with Crippen LogP contribution < -0.4 is 11.1 Å². The number of nitrogens with two attached hydrogens (primary N) is 1. The Hall–Kier alpha value is -1.09. The van der Waals surface area contributed by atoms with E-state index in [0.717, 1.165) is 18.4 Å². The minimum absolute atomic E-state index is 0.0380. The molecule has 0 radical (unpaired) electrons. The molecule has 3 heteroatoms. The van der Waals surface area contributed by atoms with Crippen LogP contribution in [0.1, 0.15) is 19.8 Å².